The van der Waals surface area contributed by atoms with E-state index in [4.69, 9.17) is 0 Å². The molecule has 2 fully saturated rings. The number of nitrogens with zero attached hydrogens (tertiary/aromatic N) is 1. The standard InChI is InChI=1S/C13H22N2O3S/c1-9-11(16)14-13(2,10-5-6-10)12(17)15(9)7-4-8-19(3)18/h9-10H,4-8H2,1-3H3,(H,14,16). The van der Waals surface area contributed by atoms with Crippen molar-refractivity contribution in [3.05, 3.63) is 0 Å². The Bertz CT molecular complexity index is 422. The Morgan fingerprint density at radius 3 is 2.58 bits per heavy atom. The second-order valence-corrected chi connectivity index (χ2v) is 7.33. The molecule has 2 rings (SSSR count). The fourth-order valence-corrected chi connectivity index (χ4v) is 3.24. The van der Waals surface area contributed by atoms with Crippen LogP contribution in [0.2, 0.25) is 0 Å². The summed E-state index contributed by atoms with van der Waals surface area (Å²) < 4.78 is 11.1. The maximum atomic E-state index is 12.6. The van der Waals surface area contributed by atoms with Crippen LogP contribution in [-0.2, 0) is 20.4 Å². The smallest absolute Gasteiger partial charge is 0.248 e. The molecule has 1 saturated carbocycles. The molecule has 1 saturated heterocycles. The zero-order valence-corrected chi connectivity index (χ0v) is 12.6. The zero-order chi connectivity index (χ0) is 14.2. The van der Waals surface area contributed by atoms with Gasteiger partial charge in [-0.2, -0.15) is 0 Å². The number of amides is 2. The van der Waals surface area contributed by atoms with Crippen LogP contribution in [0.1, 0.15) is 33.1 Å². The van der Waals surface area contributed by atoms with Crippen molar-refractivity contribution in [1.29, 1.82) is 0 Å². The van der Waals surface area contributed by atoms with E-state index in [0.717, 1.165) is 12.8 Å². The van der Waals surface area contributed by atoms with E-state index in [2.05, 4.69) is 5.32 Å². The van der Waals surface area contributed by atoms with Gasteiger partial charge >= 0.3 is 0 Å². The Kier molecular flexibility index (Phi) is 3.99. The molecule has 6 heteroatoms. The quantitative estimate of drug-likeness (QED) is 0.789. The lowest BCUT2D eigenvalue weighted by Gasteiger charge is -2.43. The van der Waals surface area contributed by atoms with Crippen LogP contribution in [-0.4, -0.2) is 51.1 Å². The highest BCUT2D eigenvalue weighted by molar-refractivity contribution is 7.84. The highest BCUT2D eigenvalue weighted by Crippen LogP contribution is 2.42. The van der Waals surface area contributed by atoms with Crippen molar-refractivity contribution < 1.29 is 13.8 Å². The Hall–Kier alpha value is -0.910. The van der Waals surface area contributed by atoms with E-state index >= 15 is 0 Å². The maximum Gasteiger partial charge on any atom is 0.248 e. The fraction of sp³-hybridized carbons (Fsp3) is 0.846. The van der Waals surface area contributed by atoms with E-state index < -0.39 is 22.4 Å². The van der Waals surface area contributed by atoms with Crippen LogP contribution in [0.15, 0.2) is 0 Å². The normalized spacial score (nSPS) is 33.2. The molecule has 1 N–H and O–H groups in total. The van der Waals surface area contributed by atoms with Gasteiger partial charge in [-0.3, -0.25) is 13.8 Å². The van der Waals surface area contributed by atoms with Crippen molar-refractivity contribution in [3.8, 4) is 0 Å². The summed E-state index contributed by atoms with van der Waals surface area (Å²) in [6, 6.07) is -0.426. The van der Waals surface area contributed by atoms with Crippen LogP contribution in [0.3, 0.4) is 0 Å². The van der Waals surface area contributed by atoms with Gasteiger partial charge in [-0.15, -0.1) is 0 Å². The first-order valence-corrected chi connectivity index (χ1v) is 8.52. The zero-order valence-electron chi connectivity index (χ0n) is 11.8. The summed E-state index contributed by atoms with van der Waals surface area (Å²) in [4.78, 5) is 26.3. The summed E-state index contributed by atoms with van der Waals surface area (Å²) in [5, 5.41) is 2.89. The third-order valence-corrected chi connectivity index (χ3v) is 5.02. The molecular weight excluding hydrogens is 264 g/mol. The summed E-state index contributed by atoms with van der Waals surface area (Å²) in [7, 11) is -0.855. The van der Waals surface area contributed by atoms with Crippen LogP contribution in [0.5, 0.6) is 0 Å². The fourth-order valence-electron chi connectivity index (χ4n) is 2.70. The lowest BCUT2D eigenvalue weighted by atomic mass is 9.89. The molecule has 3 unspecified atom stereocenters. The van der Waals surface area contributed by atoms with Crippen molar-refractivity contribution >= 4 is 22.6 Å². The Labute approximate surface area is 116 Å². The van der Waals surface area contributed by atoms with Crippen LogP contribution < -0.4 is 5.32 Å². The molecule has 0 spiro atoms. The molecule has 1 heterocycles. The van der Waals surface area contributed by atoms with Gasteiger partial charge in [0.1, 0.15) is 11.6 Å². The molecule has 3 atom stereocenters. The SMILES string of the molecule is CC1C(=O)NC(C)(C2CC2)C(=O)N1CCCS(C)=O. The van der Waals surface area contributed by atoms with E-state index in [1.54, 1.807) is 18.1 Å². The molecule has 1 aliphatic carbocycles. The molecule has 0 aromatic heterocycles. The largest absolute Gasteiger partial charge is 0.340 e. The molecule has 5 nitrogen and oxygen atoms in total. The van der Waals surface area contributed by atoms with E-state index in [-0.39, 0.29) is 17.7 Å². The van der Waals surface area contributed by atoms with Crippen LogP contribution in [0, 0.1) is 5.92 Å². The van der Waals surface area contributed by atoms with Gasteiger partial charge in [-0.05, 0) is 39.0 Å². The summed E-state index contributed by atoms with van der Waals surface area (Å²) in [5.41, 5.74) is -0.727. The van der Waals surface area contributed by atoms with Crippen molar-refractivity contribution in [2.24, 2.45) is 5.92 Å². The second-order valence-electron chi connectivity index (χ2n) is 5.77. The van der Waals surface area contributed by atoms with Crippen molar-refractivity contribution in [1.82, 2.24) is 10.2 Å². The van der Waals surface area contributed by atoms with E-state index in [0.29, 0.717) is 18.7 Å². The third-order valence-electron chi connectivity index (χ3n) is 4.16. The molecule has 19 heavy (non-hydrogen) atoms. The molecule has 0 aromatic carbocycles. The Morgan fingerprint density at radius 2 is 2.05 bits per heavy atom. The Morgan fingerprint density at radius 1 is 1.42 bits per heavy atom. The number of hydrogen-bond donors (Lipinski definition) is 1. The monoisotopic (exact) mass is 286 g/mol. The predicted octanol–water partition coefficient (Wildman–Crippen LogP) is 0.271. The van der Waals surface area contributed by atoms with Crippen LogP contribution in [0.4, 0.5) is 0 Å². The average molecular weight is 286 g/mol. The number of hydrogen-bond acceptors (Lipinski definition) is 3. The number of nitrogens with one attached hydrogen (secondary N) is 1. The minimum Gasteiger partial charge on any atom is -0.340 e. The van der Waals surface area contributed by atoms with Gasteiger partial charge in [-0.25, -0.2) is 0 Å². The maximum absolute atomic E-state index is 12.6. The average Bonchev–Trinajstić information content (AvgIpc) is 3.15. The van der Waals surface area contributed by atoms with E-state index in [1.807, 2.05) is 6.92 Å². The van der Waals surface area contributed by atoms with Crippen LogP contribution >= 0.6 is 0 Å². The van der Waals surface area contributed by atoms with Crippen molar-refractivity contribution in [2.75, 3.05) is 18.6 Å². The van der Waals surface area contributed by atoms with Gasteiger partial charge in [0.25, 0.3) is 0 Å². The first kappa shape index (κ1) is 14.5. The lowest BCUT2D eigenvalue weighted by molar-refractivity contribution is -0.154. The highest BCUT2D eigenvalue weighted by Gasteiger charge is 2.54. The third kappa shape index (κ3) is 2.83. The lowest BCUT2D eigenvalue weighted by Crippen LogP contribution is -2.69. The molecule has 1 aliphatic heterocycles. The number of carbonyl (C=O) groups excluding carboxylic acids is 2. The van der Waals surface area contributed by atoms with Gasteiger partial charge in [0.15, 0.2) is 0 Å². The van der Waals surface area contributed by atoms with Crippen molar-refractivity contribution in [3.63, 3.8) is 0 Å². The van der Waals surface area contributed by atoms with Gasteiger partial charge < -0.3 is 10.2 Å². The molecular formula is C13H22N2O3S. The van der Waals surface area contributed by atoms with Gasteiger partial charge in [0.05, 0.1) is 0 Å². The number of rotatable bonds is 5. The van der Waals surface area contributed by atoms with Gasteiger partial charge in [-0.1, -0.05) is 0 Å². The van der Waals surface area contributed by atoms with Crippen LogP contribution in [0.25, 0.3) is 0 Å². The summed E-state index contributed by atoms with van der Waals surface area (Å²) in [6.07, 6.45) is 4.34. The van der Waals surface area contributed by atoms with Gasteiger partial charge in [0, 0.05) is 29.4 Å². The van der Waals surface area contributed by atoms with Gasteiger partial charge in [0.2, 0.25) is 11.8 Å². The Balaban J connectivity index is 2.08. The predicted molar refractivity (Wildman–Crippen MR) is 74.0 cm³/mol. The summed E-state index contributed by atoms with van der Waals surface area (Å²) in [5.74, 6) is 0.785. The topological polar surface area (TPSA) is 66.5 Å². The number of carbonyl (C=O) groups is 2. The summed E-state index contributed by atoms with van der Waals surface area (Å²) >= 11 is 0. The number of piperazine rings is 1. The highest BCUT2D eigenvalue weighted by atomic mass is 32.2. The van der Waals surface area contributed by atoms with E-state index in [9.17, 15) is 13.8 Å². The molecule has 0 aromatic rings. The second kappa shape index (κ2) is 5.23. The molecule has 108 valence electrons. The summed E-state index contributed by atoms with van der Waals surface area (Å²) in [6.45, 7) is 4.10. The van der Waals surface area contributed by atoms with Crippen molar-refractivity contribution in [2.45, 2.75) is 44.7 Å². The first-order chi connectivity index (χ1) is 8.86. The molecule has 2 aliphatic rings. The van der Waals surface area contributed by atoms with E-state index in [1.165, 1.54) is 0 Å². The molecule has 0 radical (unpaired) electrons. The first-order valence-electron chi connectivity index (χ1n) is 6.79. The minimum absolute atomic E-state index is 0.0176. The minimum atomic E-state index is -0.855. The molecule has 0 bridgehead atoms. The molecule has 2 amide bonds.